The molecule has 38 heavy (non-hydrogen) atoms. The molecule has 1 fully saturated rings. The highest BCUT2D eigenvalue weighted by atomic mass is 32.2. The van der Waals surface area contributed by atoms with Crippen LogP contribution >= 0.6 is 0 Å². The number of aromatic nitrogens is 2. The minimum absolute atomic E-state index is 0.00165. The van der Waals surface area contributed by atoms with Crippen molar-refractivity contribution in [2.45, 2.75) is 29.2 Å². The average Bonchev–Trinajstić information content (AvgIpc) is 3.56. The van der Waals surface area contributed by atoms with Crippen LogP contribution < -0.4 is 0 Å². The molecular weight excluding hydrogens is 550 g/mol. The van der Waals surface area contributed by atoms with Crippen LogP contribution in [0.5, 0.6) is 0 Å². The van der Waals surface area contributed by atoms with Crippen molar-refractivity contribution in [2.75, 3.05) is 19.3 Å². The van der Waals surface area contributed by atoms with Gasteiger partial charge in [-0.3, -0.25) is 4.18 Å². The van der Waals surface area contributed by atoms with Crippen LogP contribution in [0.15, 0.2) is 82.7 Å². The Kier molecular flexibility index (Phi) is 6.90. The molecule has 13 heteroatoms. The Bertz CT molecular complexity index is 1810. The highest BCUT2D eigenvalue weighted by Crippen LogP contribution is 2.33. The molecule has 10 nitrogen and oxygen atoms in total. The van der Waals surface area contributed by atoms with Gasteiger partial charge in [0.25, 0.3) is 20.1 Å². The van der Waals surface area contributed by atoms with Crippen molar-refractivity contribution in [1.82, 2.24) is 13.3 Å². The SMILES string of the molecule is CS(=O)(=O)OCc1cc2c(-c3ccc(S(=O)(=O)N4CCCC4)cc3)ccnc2n1S(=O)(=O)c1ccccc1. The Balaban J connectivity index is 1.64. The van der Waals surface area contributed by atoms with Crippen molar-refractivity contribution in [1.29, 1.82) is 0 Å². The van der Waals surface area contributed by atoms with E-state index in [1.54, 1.807) is 36.4 Å². The van der Waals surface area contributed by atoms with E-state index in [0.29, 0.717) is 29.6 Å². The Hall–Kier alpha value is -3.10. The maximum absolute atomic E-state index is 13.6. The molecule has 0 radical (unpaired) electrons. The van der Waals surface area contributed by atoms with Crippen LogP contribution in [0.4, 0.5) is 0 Å². The molecule has 2 aromatic carbocycles. The van der Waals surface area contributed by atoms with Crippen LogP contribution in [0.1, 0.15) is 18.5 Å². The summed E-state index contributed by atoms with van der Waals surface area (Å²) in [5, 5.41) is 0.439. The fourth-order valence-electron chi connectivity index (χ4n) is 4.50. The van der Waals surface area contributed by atoms with E-state index in [-0.39, 0.29) is 21.1 Å². The zero-order valence-corrected chi connectivity index (χ0v) is 22.8. The van der Waals surface area contributed by atoms with E-state index in [9.17, 15) is 25.3 Å². The van der Waals surface area contributed by atoms with Crippen molar-refractivity contribution in [3.8, 4) is 11.1 Å². The summed E-state index contributed by atoms with van der Waals surface area (Å²) in [5.41, 5.74) is 1.40. The minimum Gasteiger partial charge on any atom is -0.264 e. The molecule has 0 saturated carbocycles. The molecule has 2 aromatic heterocycles. The Labute approximate surface area is 221 Å². The first-order valence-corrected chi connectivity index (χ1v) is 16.4. The Morgan fingerprint density at radius 2 is 1.45 bits per heavy atom. The second kappa shape index (κ2) is 9.89. The molecule has 4 aromatic rings. The molecule has 1 saturated heterocycles. The topological polar surface area (TPSA) is 133 Å². The van der Waals surface area contributed by atoms with Gasteiger partial charge in [-0.1, -0.05) is 30.3 Å². The molecule has 0 amide bonds. The molecule has 5 rings (SSSR count). The fourth-order valence-corrected chi connectivity index (χ4v) is 7.85. The van der Waals surface area contributed by atoms with E-state index in [1.165, 1.54) is 40.8 Å². The molecule has 0 atom stereocenters. The third kappa shape index (κ3) is 4.99. The minimum atomic E-state index is -4.16. The number of sulfonamides is 1. The summed E-state index contributed by atoms with van der Waals surface area (Å²) in [5.74, 6) is 0. The zero-order chi connectivity index (χ0) is 27.1. The molecule has 1 aliphatic heterocycles. The lowest BCUT2D eigenvalue weighted by atomic mass is 10.0. The van der Waals surface area contributed by atoms with Gasteiger partial charge >= 0.3 is 0 Å². The van der Waals surface area contributed by atoms with Gasteiger partial charge in [0.15, 0.2) is 5.65 Å². The van der Waals surface area contributed by atoms with Gasteiger partial charge in [0, 0.05) is 24.7 Å². The fraction of sp³-hybridized carbons (Fsp3) is 0.240. The third-order valence-corrected chi connectivity index (χ3v) is 10.5. The molecule has 0 bridgehead atoms. The smallest absolute Gasteiger partial charge is 0.264 e. The Morgan fingerprint density at radius 1 is 0.816 bits per heavy atom. The van der Waals surface area contributed by atoms with Gasteiger partial charge in [-0.2, -0.15) is 12.7 Å². The first kappa shape index (κ1) is 26.5. The lowest BCUT2D eigenvalue weighted by Gasteiger charge is -2.15. The summed E-state index contributed by atoms with van der Waals surface area (Å²) < 4.78 is 83.9. The first-order valence-electron chi connectivity index (χ1n) is 11.7. The first-order chi connectivity index (χ1) is 18.0. The largest absolute Gasteiger partial charge is 0.269 e. The van der Waals surface area contributed by atoms with E-state index in [2.05, 4.69) is 4.98 Å². The Morgan fingerprint density at radius 3 is 2.08 bits per heavy atom. The maximum Gasteiger partial charge on any atom is 0.269 e. The molecule has 0 aliphatic carbocycles. The van der Waals surface area contributed by atoms with E-state index >= 15 is 0 Å². The van der Waals surface area contributed by atoms with Crippen LogP contribution in [-0.2, 0) is 41.0 Å². The summed E-state index contributed by atoms with van der Waals surface area (Å²) in [6.45, 7) is 0.474. The summed E-state index contributed by atoms with van der Waals surface area (Å²) in [4.78, 5) is 4.49. The third-order valence-electron chi connectivity index (χ3n) is 6.30. The van der Waals surface area contributed by atoms with E-state index in [1.807, 2.05) is 0 Å². The van der Waals surface area contributed by atoms with Crippen LogP contribution in [0.2, 0.25) is 0 Å². The summed E-state index contributed by atoms with van der Waals surface area (Å²) in [6.07, 6.45) is 4.00. The summed E-state index contributed by atoms with van der Waals surface area (Å²) in [7, 11) is -11.6. The van der Waals surface area contributed by atoms with Gasteiger partial charge in [-0.05, 0) is 60.4 Å². The zero-order valence-electron chi connectivity index (χ0n) is 20.4. The molecule has 0 N–H and O–H groups in total. The van der Waals surface area contributed by atoms with Crippen LogP contribution in [0.25, 0.3) is 22.2 Å². The number of pyridine rings is 1. The molecule has 0 spiro atoms. The second-order valence-electron chi connectivity index (χ2n) is 8.92. The lowest BCUT2D eigenvalue weighted by Crippen LogP contribution is -2.27. The quantitative estimate of drug-likeness (QED) is 0.293. The predicted octanol–water partition coefficient (Wildman–Crippen LogP) is 3.20. The maximum atomic E-state index is 13.6. The van der Waals surface area contributed by atoms with Crippen molar-refractivity contribution < 1.29 is 29.4 Å². The number of fused-ring (bicyclic) bond motifs is 1. The highest BCUT2D eigenvalue weighted by molar-refractivity contribution is 7.90. The number of rotatable bonds is 8. The van der Waals surface area contributed by atoms with Gasteiger partial charge in [0.05, 0.1) is 21.7 Å². The van der Waals surface area contributed by atoms with Gasteiger partial charge in [0.2, 0.25) is 10.0 Å². The second-order valence-corrected chi connectivity index (χ2v) is 14.3. The van der Waals surface area contributed by atoms with Crippen LogP contribution in [0, 0.1) is 0 Å². The molecule has 1 aliphatic rings. The number of nitrogens with zero attached hydrogens (tertiary/aromatic N) is 3. The summed E-state index contributed by atoms with van der Waals surface area (Å²) in [6, 6.07) is 17.3. The number of hydrogen-bond acceptors (Lipinski definition) is 8. The number of hydrogen-bond donors (Lipinski definition) is 0. The van der Waals surface area contributed by atoms with Crippen molar-refractivity contribution in [3.05, 3.63) is 78.6 Å². The highest BCUT2D eigenvalue weighted by Gasteiger charge is 2.28. The molecule has 200 valence electrons. The standard InChI is InChI=1S/C25H25N3O7S3/c1-36(29,30)35-18-20-17-24-23(19-9-11-22(12-10-19)37(31,32)27-15-5-6-16-27)13-14-26-25(24)28(20)38(33,34)21-7-3-2-4-8-21/h2-4,7-14,17H,5-6,15-16,18H2,1H3. The average molecular weight is 576 g/mol. The van der Waals surface area contributed by atoms with E-state index in [4.69, 9.17) is 4.18 Å². The predicted molar refractivity (Wildman–Crippen MR) is 142 cm³/mol. The van der Waals surface area contributed by atoms with Gasteiger partial charge < -0.3 is 0 Å². The molecule has 0 unspecified atom stereocenters. The van der Waals surface area contributed by atoms with Gasteiger partial charge in [-0.15, -0.1) is 0 Å². The van der Waals surface area contributed by atoms with Crippen LogP contribution in [0.3, 0.4) is 0 Å². The lowest BCUT2D eigenvalue weighted by molar-refractivity contribution is 0.306. The van der Waals surface area contributed by atoms with Crippen molar-refractivity contribution >= 4 is 41.2 Å². The van der Waals surface area contributed by atoms with Crippen molar-refractivity contribution in [2.24, 2.45) is 0 Å². The van der Waals surface area contributed by atoms with Gasteiger partial charge in [-0.25, -0.2) is 25.8 Å². The number of benzene rings is 2. The van der Waals surface area contributed by atoms with E-state index < -0.39 is 36.8 Å². The monoisotopic (exact) mass is 575 g/mol. The molecule has 3 heterocycles. The van der Waals surface area contributed by atoms with E-state index in [0.717, 1.165) is 23.1 Å². The van der Waals surface area contributed by atoms with Crippen LogP contribution in [-0.4, -0.2) is 57.9 Å². The normalized spacial score (nSPS) is 15.3. The summed E-state index contributed by atoms with van der Waals surface area (Å²) >= 11 is 0. The molecular formula is C25H25N3O7S3. The van der Waals surface area contributed by atoms with Crippen molar-refractivity contribution in [3.63, 3.8) is 0 Å². The van der Waals surface area contributed by atoms with Gasteiger partial charge in [0.1, 0.15) is 6.61 Å².